The largest absolute Gasteiger partial charge is 0.462 e. The summed E-state index contributed by atoms with van der Waals surface area (Å²) in [6, 6.07) is 6.02. The molecule has 1 atom stereocenters. The van der Waals surface area contributed by atoms with Crippen molar-refractivity contribution in [1.82, 2.24) is 19.8 Å². The van der Waals surface area contributed by atoms with Gasteiger partial charge in [0.15, 0.2) is 0 Å². The van der Waals surface area contributed by atoms with E-state index in [0.717, 1.165) is 55.1 Å². The molecule has 0 bridgehead atoms. The number of rotatable bonds is 6. The smallest absolute Gasteiger partial charge is 0.318 e. The van der Waals surface area contributed by atoms with Gasteiger partial charge in [0.05, 0.1) is 12.2 Å². The van der Waals surface area contributed by atoms with Crippen LogP contribution >= 0.6 is 0 Å². The monoisotopic (exact) mass is 508 g/mol. The molecule has 0 N–H and O–H groups in total. The lowest BCUT2D eigenvalue weighted by Crippen LogP contribution is -2.49. The zero-order valence-corrected chi connectivity index (χ0v) is 22.0. The van der Waals surface area contributed by atoms with E-state index in [1.807, 2.05) is 17.9 Å². The summed E-state index contributed by atoms with van der Waals surface area (Å²) < 4.78 is 20.6. The Morgan fingerprint density at radius 3 is 2.68 bits per heavy atom. The first-order valence-electron chi connectivity index (χ1n) is 13.3. The number of likely N-dealkylation sites (N-methyl/N-ethyl adjacent to an activating group) is 1. The number of aromatic nitrogens is 2. The van der Waals surface area contributed by atoms with E-state index in [9.17, 15) is 9.18 Å². The summed E-state index contributed by atoms with van der Waals surface area (Å²) in [5, 5.41) is 0. The molecule has 9 heteroatoms. The minimum Gasteiger partial charge on any atom is -0.462 e. The number of halogens is 1. The van der Waals surface area contributed by atoms with Crippen molar-refractivity contribution in [3.63, 3.8) is 0 Å². The van der Waals surface area contributed by atoms with Crippen LogP contribution in [0, 0.1) is 12.7 Å². The zero-order valence-electron chi connectivity index (χ0n) is 22.0. The molecule has 2 aromatic rings. The van der Waals surface area contributed by atoms with Crippen LogP contribution in [0.25, 0.3) is 0 Å². The van der Waals surface area contributed by atoms with Crippen molar-refractivity contribution in [3.05, 3.63) is 53.5 Å². The number of nitrogens with zero attached hydrogens (tertiary/aromatic N) is 6. The van der Waals surface area contributed by atoms with Crippen LogP contribution in [-0.2, 0) is 17.8 Å². The molecular formula is C28H37FN6O2. The number of carbonyl (C=O) groups excluding carboxylic acids is 1. The fourth-order valence-corrected chi connectivity index (χ4v) is 5.69. The molecular weight excluding hydrogens is 471 g/mol. The molecule has 0 spiro atoms. The third-order valence-electron chi connectivity index (χ3n) is 7.97. The van der Waals surface area contributed by atoms with Crippen LogP contribution < -0.4 is 14.5 Å². The molecule has 1 amide bonds. The van der Waals surface area contributed by atoms with Gasteiger partial charge in [0.2, 0.25) is 5.91 Å². The number of hydrogen-bond donors (Lipinski definition) is 0. The van der Waals surface area contributed by atoms with Gasteiger partial charge in [-0.3, -0.25) is 4.79 Å². The van der Waals surface area contributed by atoms with Crippen molar-refractivity contribution in [2.24, 2.45) is 0 Å². The van der Waals surface area contributed by atoms with E-state index in [2.05, 4.69) is 28.3 Å². The van der Waals surface area contributed by atoms with Gasteiger partial charge < -0.3 is 24.3 Å². The Kier molecular flexibility index (Phi) is 7.60. The molecule has 5 rings (SSSR count). The van der Waals surface area contributed by atoms with E-state index in [0.29, 0.717) is 56.9 Å². The average molecular weight is 509 g/mol. The number of benzene rings is 1. The van der Waals surface area contributed by atoms with Gasteiger partial charge in [0.25, 0.3) is 0 Å². The molecule has 8 nitrogen and oxygen atoms in total. The molecule has 1 aromatic carbocycles. The molecule has 0 aliphatic carbocycles. The highest BCUT2D eigenvalue weighted by atomic mass is 19.1. The Morgan fingerprint density at radius 1 is 1.14 bits per heavy atom. The molecule has 0 radical (unpaired) electrons. The van der Waals surface area contributed by atoms with Crippen LogP contribution in [0.5, 0.6) is 6.01 Å². The normalized spacial score (nSPS) is 20.5. The summed E-state index contributed by atoms with van der Waals surface area (Å²) >= 11 is 0. The number of likely N-dealkylation sites (tertiary alicyclic amines) is 1. The van der Waals surface area contributed by atoms with Crippen LogP contribution in [0.15, 0.2) is 30.9 Å². The van der Waals surface area contributed by atoms with E-state index in [-0.39, 0.29) is 11.7 Å². The number of piperazine rings is 1. The Bertz CT molecular complexity index is 1150. The van der Waals surface area contributed by atoms with Crippen LogP contribution in [-0.4, -0.2) is 84.6 Å². The first-order valence-corrected chi connectivity index (χ1v) is 13.3. The molecule has 0 unspecified atom stereocenters. The number of anilines is 2. The minimum atomic E-state index is -0.193. The first-order chi connectivity index (χ1) is 17.9. The van der Waals surface area contributed by atoms with Gasteiger partial charge in [-0.2, -0.15) is 9.97 Å². The molecule has 2 saturated heterocycles. The highest BCUT2D eigenvalue weighted by Crippen LogP contribution is 2.32. The molecule has 1 aromatic heterocycles. The van der Waals surface area contributed by atoms with E-state index in [1.54, 1.807) is 6.07 Å². The number of amides is 1. The van der Waals surface area contributed by atoms with Crippen molar-refractivity contribution in [3.8, 4) is 6.01 Å². The minimum absolute atomic E-state index is 0.0352. The standard InChI is InChI=1S/C28H37FN6O2/c1-4-26(36)33-14-16-34(17-15-33)27-22-9-7-13-35(25-11-5-10-23(29)20(25)2)18-24(22)30-28(31-27)37-19-21-8-6-12-32(21)3/h4-5,10-11,21H,1,6-9,12-19H2,2-3H3/t21-/m0/s1. The van der Waals surface area contributed by atoms with Crippen LogP contribution in [0.4, 0.5) is 15.9 Å². The van der Waals surface area contributed by atoms with Crippen LogP contribution in [0.2, 0.25) is 0 Å². The zero-order chi connectivity index (χ0) is 25.9. The van der Waals surface area contributed by atoms with Gasteiger partial charge >= 0.3 is 6.01 Å². The van der Waals surface area contributed by atoms with Crippen molar-refractivity contribution in [2.75, 3.05) is 62.7 Å². The first kappa shape index (κ1) is 25.4. The maximum Gasteiger partial charge on any atom is 0.318 e. The van der Waals surface area contributed by atoms with Gasteiger partial charge in [0, 0.05) is 55.6 Å². The van der Waals surface area contributed by atoms with Crippen LogP contribution in [0.1, 0.15) is 36.1 Å². The molecule has 2 fully saturated rings. The number of carbonyl (C=O) groups is 1. The number of ether oxygens (including phenoxy) is 1. The Hall–Kier alpha value is -3.20. The predicted octanol–water partition coefficient (Wildman–Crippen LogP) is 3.18. The lowest BCUT2D eigenvalue weighted by atomic mass is 10.1. The highest BCUT2D eigenvalue weighted by molar-refractivity contribution is 5.87. The Labute approximate surface area is 218 Å². The summed E-state index contributed by atoms with van der Waals surface area (Å²) in [6.07, 6.45) is 5.42. The molecule has 37 heavy (non-hydrogen) atoms. The van der Waals surface area contributed by atoms with E-state index in [1.165, 1.54) is 18.6 Å². The van der Waals surface area contributed by atoms with E-state index in [4.69, 9.17) is 14.7 Å². The lowest BCUT2D eigenvalue weighted by Gasteiger charge is -2.36. The summed E-state index contributed by atoms with van der Waals surface area (Å²) in [5.74, 6) is 0.678. The average Bonchev–Trinajstić information content (AvgIpc) is 3.20. The fraction of sp³-hybridized carbons (Fsp3) is 0.536. The van der Waals surface area contributed by atoms with Crippen molar-refractivity contribution < 1.29 is 13.9 Å². The van der Waals surface area contributed by atoms with Gasteiger partial charge in [-0.25, -0.2) is 4.39 Å². The van der Waals surface area contributed by atoms with Gasteiger partial charge in [-0.15, -0.1) is 0 Å². The summed E-state index contributed by atoms with van der Waals surface area (Å²) in [5.41, 5.74) is 3.62. The predicted molar refractivity (Wildman–Crippen MR) is 143 cm³/mol. The summed E-state index contributed by atoms with van der Waals surface area (Å²) in [7, 11) is 2.13. The van der Waals surface area contributed by atoms with Gasteiger partial charge in [0.1, 0.15) is 18.2 Å². The van der Waals surface area contributed by atoms with Crippen molar-refractivity contribution in [2.45, 2.75) is 45.2 Å². The third kappa shape index (κ3) is 5.42. The number of fused-ring (bicyclic) bond motifs is 1. The van der Waals surface area contributed by atoms with Gasteiger partial charge in [-0.05, 0) is 64.4 Å². The summed E-state index contributed by atoms with van der Waals surface area (Å²) in [6.45, 7) is 11.1. The SMILES string of the molecule is C=CC(=O)N1CCN(c2nc(OC[C@@H]3CCCN3C)nc3c2CCCN(c2cccc(F)c2C)C3)CC1. The molecule has 3 aliphatic heterocycles. The second kappa shape index (κ2) is 11.0. The molecule has 0 saturated carbocycles. The van der Waals surface area contributed by atoms with E-state index < -0.39 is 0 Å². The summed E-state index contributed by atoms with van der Waals surface area (Å²) in [4.78, 5) is 30.6. The lowest BCUT2D eigenvalue weighted by molar-refractivity contribution is -0.126. The second-order valence-corrected chi connectivity index (χ2v) is 10.3. The van der Waals surface area contributed by atoms with E-state index >= 15 is 0 Å². The quantitative estimate of drug-likeness (QED) is 0.556. The fourth-order valence-electron chi connectivity index (χ4n) is 5.69. The maximum atomic E-state index is 14.4. The molecule has 3 aliphatic rings. The highest BCUT2D eigenvalue weighted by Gasteiger charge is 2.29. The van der Waals surface area contributed by atoms with Crippen molar-refractivity contribution >= 4 is 17.4 Å². The number of hydrogen-bond acceptors (Lipinski definition) is 7. The van der Waals surface area contributed by atoms with Gasteiger partial charge in [-0.1, -0.05) is 12.6 Å². The maximum absolute atomic E-state index is 14.4. The third-order valence-corrected chi connectivity index (χ3v) is 7.97. The Morgan fingerprint density at radius 2 is 1.95 bits per heavy atom. The molecule has 198 valence electrons. The van der Waals surface area contributed by atoms with Crippen LogP contribution in [0.3, 0.4) is 0 Å². The topological polar surface area (TPSA) is 65.0 Å². The second-order valence-electron chi connectivity index (χ2n) is 10.3. The van der Waals surface area contributed by atoms with Crippen molar-refractivity contribution in [1.29, 1.82) is 0 Å². The molecule has 4 heterocycles. The Balaban J connectivity index is 1.44.